The molecular formula is C7H9N3O3. The molecule has 0 spiro atoms. The van der Waals surface area contributed by atoms with Crippen LogP contribution in [0.25, 0.3) is 0 Å². The first kappa shape index (κ1) is 9.24. The van der Waals surface area contributed by atoms with Gasteiger partial charge in [0.15, 0.2) is 0 Å². The van der Waals surface area contributed by atoms with Gasteiger partial charge in [0, 0.05) is 24.9 Å². The van der Waals surface area contributed by atoms with Gasteiger partial charge >= 0.3 is 11.9 Å². The Labute approximate surface area is 74.0 Å². The van der Waals surface area contributed by atoms with Crippen molar-refractivity contribution in [1.29, 1.82) is 0 Å². The lowest BCUT2D eigenvalue weighted by Gasteiger charge is -1.98. The number of aromatic nitrogens is 2. The molecule has 1 rings (SSSR count). The van der Waals surface area contributed by atoms with Crippen molar-refractivity contribution in [3.63, 3.8) is 0 Å². The van der Waals surface area contributed by atoms with Crippen LogP contribution in [0.5, 0.6) is 0 Å². The number of amides is 1. The average molecular weight is 183 g/mol. The molecule has 0 aliphatic rings. The van der Waals surface area contributed by atoms with Crippen molar-refractivity contribution in [2.24, 2.45) is 0 Å². The van der Waals surface area contributed by atoms with E-state index in [0.29, 0.717) is 6.42 Å². The smallest absolute Gasteiger partial charge is 0.394 e. The first-order valence-corrected chi connectivity index (χ1v) is 3.68. The molecule has 0 radical (unpaired) electrons. The van der Waals surface area contributed by atoms with Crippen LogP contribution in [0.3, 0.4) is 0 Å². The van der Waals surface area contributed by atoms with Crippen LogP contribution in [-0.4, -0.2) is 33.5 Å². The lowest BCUT2D eigenvalue weighted by atomic mass is 10.3. The minimum Gasteiger partial charge on any atom is -0.474 e. The summed E-state index contributed by atoms with van der Waals surface area (Å²) in [5.74, 6) is -2.45. The number of aliphatic carboxylic acids is 1. The highest BCUT2D eigenvalue weighted by Gasteiger charge is 2.08. The molecule has 13 heavy (non-hydrogen) atoms. The van der Waals surface area contributed by atoms with E-state index in [9.17, 15) is 9.59 Å². The van der Waals surface area contributed by atoms with Crippen molar-refractivity contribution in [3.05, 3.63) is 18.2 Å². The van der Waals surface area contributed by atoms with Gasteiger partial charge in [-0.05, 0) is 0 Å². The van der Waals surface area contributed by atoms with Crippen LogP contribution in [-0.2, 0) is 16.0 Å². The van der Waals surface area contributed by atoms with E-state index in [0.717, 1.165) is 5.69 Å². The topological polar surface area (TPSA) is 95.1 Å². The highest BCUT2D eigenvalue weighted by molar-refractivity contribution is 6.31. The van der Waals surface area contributed by atoms with E-state index in [1.165, 1.54) is 6.33 Å². The quantitative estimate of drug-likeness (QED) is 0.532. The number of carbonyl (C=O) groups excluding carboxylic acids is 1. The summed E-state index contributed by atoms with van der Waals surface area (Å²) in [5, 5.41) is 10.4. The third-order valence-corrected chi connectivity index (χ3v) is 1.43. The summed E-state index contributed by atoms with van der Waals surface area (Å²) in [7, 11) is 0. The number of rotatable bonds is 3. The summed E-state index contributed by atoms with van der Waals surface area (Å²) in [6, 6.07) is 0. The van der Waals surface area contributed by atoms with Crippen LogP contribution in [0, 0.1) is 0 Å². The number of nitrogens with one attached hydrogen (secondary N) is 2. The largest absolute Gasteiger partial charge is 0.474 e. The standard InChI is InChI=1S/C7H9N3O3/c11-6(7(12)13)9-2-1-5-3-8-4-10-5/h3-4H,1-2H2,(H,8,10)(H,9,11)(H,12,13). The van der Waals surface area contributed by atoms with E-state index in [4.69, 9.17) is 5.11 Å². The van der Waals surface area contributed by atoms with Crippen LogP contribution in [0.4, 0.5) is 0 Å². The zero-order valence-electron chi connectivity index (χ0n) is 6.78. The molecule has 3 N–H and O–H groups in total. The molecule has 1 aromatic rings. The highest BCUT2D eigenvalue weighted by atomic mass is 16.4. The maximum atomic E-state index is 10.5. The molecule has 6 nitrogen and oxygen atoms in total. The van der Waals surface area contributed by atoms with Crippen molar-refractivity contribution >= 4 is 11.9 Å². The lowest BCUT2D eigenvalue weighted by molar-refractivity contribution is -0.150. The maximum absolute atomic E-state index is 10.5. The Balaban J connectivity index is 2.22. The van der Waals surface area contributed by atoms with Crippen molar-refractivity contribution in [2.75, 3.05) is 6.54 Å². The summed E-state index contributed by atoms with van der Waals surface area (Å²) < 4.78 is 0. The summed E-state index contributed by atoms with van der Waals surface area (Å²) >= 11 is 0. The summed E-state index contributed by atoms with van der Waals surface area (Å²) in [6.45, 7) is 0.285. The minimum absolute atomic E-state index is 0.285. The van der Waals surface area contributed by atoms with Gasteiger partial charge in [0.25, 0.3) is 0 Å². The Kier molecular flexibility index (Phi) is 3.02. The predicted octanol–water partition coefficient (Wildman–Crippen LogP) is -0.847. The summed E-state index contributed by atoms with van der Waals surface area (Å²) in [5.41, 5.74) is 0.852. The van der Waals surface area contributed by atoms with Crippen LogP contribution in [0.1, 0.15) is 5.69 Å². The van der Waals surface area contributed by atoms with E-state index in [1.807, 2.05) is 0 Å². The molecule has 0 saturated heterocycles. The molecule has 1 amide bonds. The zero-order chi connectivity index (χ0) is 9.68. The molecule has 0 saturated carbocycles. The zero-order valence-corrected chi connectivity index (χ0v) is 6.78. The third-order valence-electron chi connectivity index (χ3n) is 1.43. The van der Waals surface area contributed by atoms with Gasteiger partial charge in [0.2, 0.25) is 0 Å². The van der Waals surface area contributed by atoms with Crippen molar-refractivity contribution in [1.82, 2.24) is 15.3 Å². The lowest BCUT2D eigenvalue weighted by Crippen LogP contribution is -2.32. The Morgan fingerprint density at radius 2 is 2.38 bits per heavy atom. The van der Waals surface area contributed by atoms with Crippen LogP contribution in [0.2, 0.25) is 0 Å². The SMILES string of the molecule is O=C(O)C(=O)NCCc1cnc[nH]1. The van der Waals surface area contributed by atoms with Crippen LogP contribution in [0.15, 0.2) is 12.5 Å². The molecular weight excluding hydrogens is 174 g/mol. The molecule has 0 aromatic carbocycles. The Morgan fingerprint density at radius 1 is 1.62 bits per heavy atom. The number of hydrogen-bond acceptors (Lipinski definition) is 3. The number of hydrogen-bond donors (Lipinski definition) is 3. The average Bonchev–Trinajstić information content (AvgIpc) is 2.56. The number of H-pyrrole nitrogens is 1. The van der Waals surface area contributed by atoms with E-state index in [1.54, 1.807) is 6.20 Å². The molecule has 0 aliphatic heterocycles. The first-order chi connectivity index (χ1) is 6.20. The monoisotopic (exact) mass is 183 g/mol. The minimum atomic E-state index is -1.47. The Hall–Kier alpha value is -1.85. The normalized spacial score (nSPS) is 9.54. The molecule has 1 heterocycles. The van der Waals surface area contributed by atoms with E-state index >= 15 is 0 Å². The van der Waals surface area contributed by atoms with Crippen molar-refractivity contribution in [3.8, 4) is 0 Å². The molecule has 6 heteroatoms. The second-order valence-corrected chi connectivity index (χ2v) is 2.39. The van der Waals surface area contributed by atoms with E-state index < -0.39 is 11.9 Å². The molecule has 0 fully saturated rings. The molecule has 1 aromatic heterocycles. The molecule has 70 valence electrons. The molecule has 0 unspecified atom stereocenters. The number of imidazole rings is 1. The van der Waals surface area contributed by atoms with Crippen LogP contribution < -0.4 is 5.32 Å². The van der Waals surface area contributed by atoms with Gasteiger partial charge in [0.1, 0.15) is 0 Å². The Bertz CT molecular complexity index is 294. The number of carboxylic acid groups (broad SMARTS) is 1. The number of carbonyl (C=O) groups is 2. The van der Waals surface area contributed by atoms with Gasteiger partial charge in [-0.2, -0.15) is 0 Å². The predicted molar refractivity (Wildman–Crippen MR) is 42.9 cm³/mol. The summed E-state index contributed by atoms with van der Waals surface area (Å²) in [4.78, 5) is 27.2. The van der Waals surface area contributed by atoms with Gasteiger partial charge in [-0.3, -0.25) is 4.79 Å². The fourth-order valence-corrected chi connectivity index (χ4v) is 0.808. The molecule has 0 aliphatic carbocycles. The highest BCUT2D eigenvalue weighted by Crippen LogP contribution is 1.89. The van der Waals surface area contributed by atoms with Gasteiger partial charge in [-0.1, -0.05) is 0 Å². The maximum Gasteiger partial charge on any atom is 0.394 e. The summed E-state index contributed by atoms with van der Waals surface area (Å²) in [6.07, 6.45) is 3.68. The molecule has 0 atom stereocenters. The van der Waals surface area contributed by atoms with E-state index in [2.05, 4.69) is 15.3 Å². The number of nitrogens with zero attached hydrogens (tertiary/aromatic N) is 1. The van der Waals surface area contributed by atoms with Gasteiger partial charge in [-0.25, -0.2) is 9.78 Å². The molecule has 0 bridgehead atoms. The van der Waals surface area contributed by atoms with Gasteiger partial charge in [0.05, 0.1) is 6.33 Å². The fourth-order valence-electron chi connectivity index (χ4n) is 0.808. The third kappa shape index (κ3) is 2.94. The fraction of sp³-hybridized carbons (Fsp3) is 0.286. The Morgan fingerprint density at radius 3 is 2.92 bits per heavy atom. The van der Waals surface area contributed by atoms with E-state index in [-0.39, 0.29) is 6.54 Å². The van der Waals surface area contributed by atoms with Crippen LogP contribution >= 0.6 is 0 Å². The van der Waals surface area contributed by atoms with Gasteiger partial charge in [-0.15, -0.1) is 0 Å². The van der Waals surface area contributed by atoms with Crippen molar-refractivity contribution in [2.45, 2.75) is 6.42 Å². The second-order valence-electron chi connectivity index (χ2n) is 2.39. The number of carboxylic acids is 1. The second kappa shape index (κ2) is 4.24. The first-order valence-electron chi connectivity index (χ1n) is 3.68. The van der Waals surface area contributed by atoms with Crippen molar-refractivity contribution < 1.29 is 14.7 Å². The number of aromatic amines is 1. The van der Waals surface area contributed by atoms with Gasteiger partial charge < -0.3 is 15.4 Å².